The van der Waals surface area contributed by atoms with Gasteiger partial charge in [0.05, 0.1) is 12.0 Å². The van der Waals surface area contributed by atoms with Crippen molar-refractivity contribution in [3.8, 4) is 11.5 Å². The number of fused-ring (bicyclic) bond motifs is 1. The first kappa shape index (κ1) is 18.5. The van der Waals surface area contributed by atoms with Crippen molar-refractivity contribution >= 4 is 11.7 Å². The minimum absolute atomic E-state index is 0.0922. The number of rotatable bonds is 5. The lowest BCUT2D eigenvalue weighted by molar-refractivity contribution is -0.123. The molecule has 1 N–H and O–H groups in total. The number of pyridine rings is 1. The molecule has 0 atom stereocenters. The van der Waals surface area contributed by atoms with Gasteiger partial charge in [-0.05, 0) is 55.5 Å². The first-order chi connectivity index (χ1) is 13.6. The number of Topliss-reactive ketones (excluding diaryl/α,β-unsaturated/α-hetero) is 1. The van der Waals surface area contributed by atoms with Crippen LogP contribution >= 0.6 is 0 Å². The summed E-state index contributed by atoms with van der Waals surface area (Å²) in [5, 5.41) is 2.78. The molecule has 1 spiro atoms. The second-order valence-corrected chi connectivity index (χ2v) is 7.53. The molecular weight excluding hydrogens is 356 g/mol. The molecule has 0 bridgehead atoms. The van der Waals surface area contributed by atoms with Crippen LogP contribution in [0, 0.1) is 0 Å². The van der Waals surface area contributed by atoms with E-state index in [0.29, 0.717) is 30.0 Å². The number of benzene rings is 1. The first-order valence-electron chi connectivity index (χ1n) is 9.78. The van der Waals surface area contributed by atoms with Crippen LogP contribution in [0.1, 0.15) is 54.4 Å². The molecule has 1 aliphatic carbocycles. The summed E-state index contributed by atoms with van der Waals surface area (Å²) in [6, 6.07) is 8.93. The van der Waals surface area contributed by atoms with Gasteiger partial charge >= 0.3 is 0 Å². The van der Waals surface area contributed by atoms with Crippen molar-refractivity contribution in [2.45, 2.75) is 50.7 Å². The topological polar surface area (TPSA) is 77.5 Å². The molecule has 0 saturated heterocycles. The third kappa shape index (κ3) is 4.16. The van der Waals surface area contributed by atoms with Gasteiger partial charge in [-0.25, -0.2) is 0 Å². The summed E-state index contributed by atoms with van der Waals surface area (Å²) >= 11 is 0. The second kappa shape index (κ2) is 8.00. The fraction of sp³-hybridized carbons (Fsp3) is 0.409. The van der Waals surface area contributed by atoms with Gasteiger partial charge in [0.2, 0.25) is 0 Å². The van der Waals surface area contributed by atoms with Crippen LogP contribution in [0.25, 0.3) is 0 Å². The average Bonchev–Trinajstić information content (AvgIpc) is 2.72. The molecule has 1 amide bonds. The zero-order valence-corrected chi connectivity index (χ0v) is 15.8. The van der Waals surface area contributed by atoms with E-state index in [1.807, 2.05) is 12.1 Å². The number of carbonyl (C=O) groups excluding carboxylic acids is 2. The van der Waals surface area contributed by atoms with Crippen LogP contribution in [0.15, 0.2) is 42.7 Å². The number of nitrogens with zero attached hydrogens (tertiary/aromatic N) is 1. The van der Waals surface area contributed by atoms with Crippen LogP contribution < -0.4 is 14.8 Å². The molecule has 1 fully saturated rings. The third-order valence-corrected chi connectivity index (χ3v) is 5.41. The molecular formula is C22H24N2O4. The van der Waals surface area contributed by atoms with Crippen molar-refractivity contribution in [2.75, 3.05) is 6.61 Å². The fourth-order valence-electron chi connectivity index (χ4n) is 3.94. The molecule has 6 heteroatoms. The number of hydrogen-bond acceptors (Lipinski definition) is 5. The molecule has 4 rings (SSSR count). The maximum absolute atomic E-state index is 12.7. The smallest absolute Gasteiger partial charge is 0.258 e. The Morgan fingerprint density at radius 1 is 1.21 bits per heavy atom. The van der Waals surface area contributed by atoms with Gasteiger partial charge in [-0.3, -0.25) is 14.6 Å². The first-order valence-corrected chi connectivity index (χ1v) is 9.78. The van der Waals surface area contributed by atoms with Crippen molar-refractivity contribution in [3.63, 3.8) is 0 Å². The van der Waals surface area contributed by atoms with Gasteiger partial charge in [0.15, 0.2) is 12.4 Å². The Kier molecular flexibility index (Phi) is 5.28. The van der Waals surface area contributed by atoms with Gasteiger partial charge < -0.3 is 14.8 Å². The number of amides is 1. The molecule has 2 aromatic rings. The summed E-state index contributed by atoms with van der Waals surface area (Å²) in [5.74, 6) is 0.985. The van der Waals surface area contributed by atoms with E-state index in [1.165, 1.54) is 6.42 Å². The quantitative estimate of drug-likeness (QED) is 0.860. The molecule has 1 aromatic heterocycles. The highest BCUT2D eigenvalue weighted by molar-refractivity contribution is 6.00. The summed E-state index contributed by atoms with van der Waals surface area (Å²) in [7, 11) is 0. The van der Waals surface area contributed by atoms with Crippen LogP contribution in [0.5, 0.6) is 11.5 Å². The van der Waals surface area contributed by atoms with Gasteiger partial charge in [0.1, 0.15) is 17.1 Å². The number of nitrogens with one attached hydrogen (secondary N) is 1. The molecule has 146 valence electrons. The Bertz CT molecular complexity index is 860. The zero-order chi connectivity index (χ0) is 19.4. The Labute approximate surface area is 164 Å². The summed E-state index contributed by atoms with van der Waals surface area (Å²) in [6.07, 6.45) is 9.12. The third-order valence-electron chi connectivity index (χ3n) is 5.41. The van der Waals surface area contributed by atoms with E-state index < -0.39 is 0 Å². The van der Waals surface area contributed by atoms with Gasteiger partial charge in [0.25, 0.3) is 5.91 Å². The SMILES string of the molecule is O=C(COc1ccc2c(c1)C(=O)CC1(CCCCC1)O2)NCc1cccnc1. The lowest BCUT2D eigenvalue weighted by Crippen LogP contribution is -2.43. The van der Waals surface area contributed by atoms with E-state index in [-0.39, 0.29) is 23.9 Å². The normalized spacial score (nSPS) is 17.5. The van der Waals surface area contributed by atoms with E-state index in [4.69, 9.17) is 9.47 Å². The maximum atomic E-state index is 12.7. The monoisotopic (exact) mass is 380 g/mol. The Balaban J connectivity index is 1.35. The van der Waals surface area contributed by atoms with Crippen molar-refractivity contribution in [2.24, 2.45) is 0 Å². The number of carbonyl (C=O) groups is 2. The molecule has 0 radical (unpaired) electrons. The predicted octanol–water partition coefficient (Wildman–Crippen LogP) is 3.44. The predicted molar refractivity (Wildman–Crippen MR) is 103 cm³/mol. The van der Waals surface area contributed by atoms with Gasteiger partial charge in [-0.1, -0.05) is 12.5 Å². The standard InChI is InChI=1S/C22H24N2O4/c25-19-12-22(8-2-1-3-9-22)28-20-7-6-17(11-18(19)20)27-15-21(26)24-14-16-5-4-10-23-13-16/h4-7,10-11,13H,1-3,8-9,12,14-15H2,(H,24,26). The Morgan fingerprint density at radius 2 is 2.07 bits per heavy atom. The molecule has 6 nitrogen and oxygen atoms in total. The van der Waals surface area contributed by atoms with Gasteiger partial charge in [0, 0.05) is 18.9 Å². The summed E-state index contributed by atoms with van der Waals surface area (Å²) in [5.41, 5.74) is 1.14. The molecule has 2 aliphatic rings. The lowest BCUT2D eigenvalue weighted by atomic mass is 9.78. The van der Waals surface area contributed by atoms with Gasteiger partial charge in [-0.15, -0.1) is 0 Å². The minimum Gasteiger partial charge on any atom is -0.486 e. The Hall–Kier alpha value is -2.89. The molecule has 1 aliphatic heterocycles. The highest BCUT2D eigenvalue weighted by atomic mass is 16.5. The molecule has 1 saturated carbocycles. The highest BCUT2D eigenvalue weighted by Crippen LogP contribution is 2.42. The summed E-state index contributed by atoms with van der Waals surface area (Å²) in [4.78, 5) is 28.7. The van der Waals surface area contributed by atoms with E-state index in [0.717, 1.165) is 31.2 Å². The number of ether oxygens (including phenoxy) is 2. The van der Waals surface area contributed by atoms with Crippen molar-refractivity contribution in [1.29, 1.82) is 0 Å². The molecule has 0 unspecified atom stereocenters. The number of hydrogen-bond donors (Lipinski definition) is 1. The van der Waals surface area contributed by atoms with Crippen LogP contribution in [-0.2, 0) is 11.3 Å². The van der Waals surface area contributed by atoms with Crippen LogP contribution in [-0.4, -0.2) is 28.9 Å². The largest absolute Gasteiger partial charge is 0.486 e. The second-order valence-electron chi connectivity index (χ2n) is 7.53. The summed E-state index contributed by atoms with van der Waals surface area (Å²) in [6.45, 7) is 0.284. The van der Waals surface area contributed by atoms with Crippen LogP contribution in [0.3, 0.4) is 0 Å². The zero-order valence-electron chi connectivity index (χ0n) is 15.8. The Morgan fingerprint density at radius 3 is 2.86 bits per heavy atom. The minimum atomic E-state index is -0.323. The van der Waals surface area contributed by atoms with Crippen LogP contribution in [0.4, 0.5) is 0 Å². The number of aromatic nitrogens is 1. The fourth-order valence-corrected chi connectivity index (χ4v) is 3.94. The number of ketones is 1. The average molecular weight is 380 g/mol. The summed E-state index contributed by atoms with van der Waals surface area (Å²) < 4.78 is 11.8. The van der Waals surface area contributed by atoms with E-state index in [9.17, 15) is 9.59 Å². The highest BCUT2D eigenvalue weighted by Gasteiger charge is 2.41. The molecule has 1 aromatic carbocycles. The van der Waals surface area contributed by atoms with E-state index in [2.05, 4.69) is 10.3 Å². The van der Waals surface area contributed by atoms with Gasteiger partial charge in [-0.2, -0.15) is 0 Å². The maximum Gasteiger partial charge on any atom is 0.258 e. The van der Waals surface area contributed by atoms with E-state index in [1.54, 1.807) is 30.6 Å². The van der Waals surface area contributed by atoms with Crippen molar-refractivity contribution in [1.82, 2.24) is 10.3 Å². The molecule has 2 heterocycles. The van der Waals surface area contributed by atoms with Crippen LogP contribution in [0.2, 0.25) is 0 Å². The van der Waals surface area contributed by atoms with Crippen molar-refractivity contribution in [3.05, 3.63) is 53.9 Å². The van der Waals surface area contributed by atoms with E-state index >= 15 is 0 Å². The van der Waals surface area contributed by atoms with Crippen molar-refractivity contribution < 1.29 is 19.1 Å². The lowest BCUT2D eigenvalue weighted by Gasteiger charge is -2.40. The molecule has 28 heavy (non-hydrogen) atoms.